The largest absolute Gasteiger partial charge is 0.497 e. The zero-order valence-electron chi connectivity index (χ0n) is 13.2. The van der Waals surface area contributed by atoms with Crippen LogP contribution in [0, 0.1) is 0 Å². The third kappa shape index (κ3) is 3.54. The Morgan fingerprint density at radius 1 is 1.00 bits per heavy atom. The molecule has 0 aliphatic carbocycles. The van der Waals surface area contributed by atoms with E-state index in [0.29, 0.717) is 11.4 Å². The minimum absolute atomic E-state index is 0. The van der Waals surface area contributed by atoms with Gasteiger partial charge in [0.05, 0.1) is 7.11 Å². The van der Waals surface area contributed by atoms with E-state index < -0.39 is 16.9 Å². The molecule has 0 aliphatic heterocycles. The molecule has 0 spiro atoms. The number of nitrogens with one attached hydrogen (secondary N) is 2. The lowest BCUT2D eigenvalue weighted by atomic mass is 10.2. The quantitative estimate of drug-likeness (QED) is 0.662. The molecule has 0 radical (unpaired) electrons. The number of urea groups is 1. The van der Waals surface area contributed by atoms with Crippen molar-refractivity contribution in [2.75, 3.05) is 12.4 Å². The number of hydrogen-bond donors (Lipinski definition) is 2. The van der Waals surface area contributed by atoms with Crippen molar-refractivity contribution in [2.24, 2.45) is 5.10 Å². The van der Waals surface area contributed by atoms with Gasteiger partial charge in [0.25, 0.3) is 0 Å². The Kier molecular flexibility index (Phi) is 5.25. The Hall–Kier alpha value is -3.52. The van der Waals surface area contributed by atoms with Crippen LogP contribution in [0.25, 0.3) is 10.8 Å². The molecule has 25 heavy (non-hydrogen) atoms. The molecule has 8 heteroatoms. The number of carbonyl (C=O) groups excluding carboxylic acids is 1. The number of benzene rings is 2. The van der Waals surface area contributed by atoms with E-state index in [-0.39, 0.29) is 21.6 Å². The van der Waals surface area contributed by atoms with Gasteiger partial charge in [-0.3, -0.25) is 9.59 Å². The first kappa shape index (κ1) is 17.8. The second kappa shape index (κ2) is 7.37. The highest BCUT2D eigenvalue weighted by Crippen LogP contribution is 2.16. The molecule has 3 aromatic rings. The van der Waals surface area contributed by atoms with Crippen LogP contribution in [0.15, 0.2) is 63.2 Å². The minimum Gasteiger partial charge on any atom is -0.497 e. The molecule has 0 aromatic heterocycles. The van der Waals surface area contributed by atoms with Crippen LogP contribution in [0.1, 0.15) is 0 Å². The number of ether oxygens (including phenoxy) is 1. The molecule has 0 atom stereocenters. The topological polar surface area (TPSA) is 128 Å². The summed E-state index contributed by atoms with van der Waals surface area (Å²) in [5, 5.41) is 6.46. The van der Waals surface area contributed by atoms with Gasteiger partial charge < -0.3 is 15.5 Å². The minimum atomic E-state index is -0.674. The van der Waals surface area contributed by atoms with Crippen molar-refractivity contribution in [2.45, 2.75) is 0 Å². The van der Waals surface area contributed by atoms with Gasteiger partial charge in [-0.25, -0.2) is 10.2 Å². The summed E-state index contributed by atoms with van der Waals surface area (Å²) in [5.74, 6) is 0.579. The number of carbonyl (C=O) groups is 1. The number of rotatable bonds is 3. The molecule has 0 bridgehead atoms. The normalized spacial score (nSPS) is 9.96. The van der Waals surface area contributed by atoms with E-state index in [1.54, 1.807) is 48.5 Å². The number of hydrogen-bond acceptors (Lipinski definition) is 5. The van der Waals surface area contributed by atoms with Crippen LogP contribution in [0.5, 0.6) is 5.75 Å². The summed E-state index contributed by atoms with van der Waals surface area (Å²) in [6.07, 6.45) is 0. The maximum absolute atomic E-state index is 12.1. The average molecular weight is 341 g/mol. The van der Waals surface area contributed by atoms with Gasteiger partial charge in [-0.2, -0.15) is 5.10 Å². The molecule has 0 saturated carbocycles. The summed E-state index contributed by atoms with van der Waals surface area (Å²) in [4.78, 5) is 36.1. The first-order valence-electron chi connectivity index (χ1n) is 7.07. The highest BCUT2D eigenvalue weighted by Gasteiger charge is 2.10. The van der Waals surface area contributed by atoms with E-state index in [4.69, 9.17) is 4.74 Å². The lowest BCUT2D eigenvalue weighted by molar-refractivity contribution is 0.252. The first-order chi connectivity index (χ1) is 11.6. The molecule has 4 N–H and O–H groups in total. The monoisotopic (exact) mass is 341 g/mol. The summed E-state index contributed by atoms with van der Waals surface area (Å²) in [5.41, 5.74) is 1.64. The van der Waals surface area contributed by atoms with Gasteiger partial charge in [0.1, 0.15) is 5.75 Å². The Labute approximate surface area is 141 Å². The smallest absolute Gasteiger partial charge is 0.339 e. The predicted molar refractivity (Wildman–Crippen MR) is 93.2 cm³/mol. The third-order valence-corrected chi connectivity index (χ3v) is 3.44. The summed E-state index contributed by atoms with van der Waals surface area (Å²) in [6, 6.07) is 12.5. The Morgan fingerprint density at radius 3 is 2.24 bits per heavy atom. The van der Waals surface area contributed by atoms with Crippen molar-refractivity contribution in [3.63, 3.8) is 0 Å². The van der Waals surface area contributed by atoms with Gasteiger partial charge in [-0.05, 0) is 12.1 Å². The van der Waals surface area contributed by atoms with Gasteiger partial charge in [0.2, 0.25) is 10.9 Å². The highest BCUT2D eigenvalue weighted by molar-refractivity contribution is 5.89. The van der Waals surface area contributed by atoms with Crippen molar-refractivity contribution in [3.05, 3.63) is 74.3 Å². The van der Waals surface area contributed by atoms with Crippen LogP contribution in [0.3, 0.4) is 0 Å². The zero-order chi connectivity index (χ0) is 17.1. The standard InChI is InChI=1S/C17H13N3O4.H2O/c1-24-11-6-4-5-10(9-11)18-17(23)20-19-14-15(21)12-7-2-3-8-13(12)16(14)22;/h2-9H,1H3,(H2,18,20,23);1H2. The number of amides is 2. The van der Waals surface area contributed by atoms with Gasteiger partial charge >= 0.3 is 6.03 Å². The van der Waals surface area contributed by atoms with Crippen molar-refractivity contribution < 1.29 is 15.0 Å². The van der Waals surface area contributed by atoms with Gasteiger partial charge in [0, 0.05) is 22.5 Å². The zero-order valence-corrected chi connectivity index (χ0v) is 13.2. The number of fused-ring (bicyclic) bond motifs is 1. The van der Waals surface area contributed by atoms with Crippen molar-refractivity contribution in [1.29, 1.82) is 0 Å². The Bertz CT molecular complexity index is 1020. The first-order valence-corrected chi connectivity index (χ1v) is 7.07. The number of anilines is 1. The molecule has 2 amide bonds. The average Bonchev–Trinajstić information content (AvgIpc) is 2.84. The van der Waals surface area contributed by atoms with Crippen molar-refractivity contribution >= 4 is 22.5 Å². The van der Waals surface area contributed by atoms with E-state index in [2.05, 4.69) is 15.8 Å². The molecule has 0 aliphatic rings. The second-order valence-electron chi connectivity index (χ2n) is 4.96. The van der Waals surface area contributed by atoms with Crippen molar-refractivity contribution in [1.82, 2.24) is 5.43 Å². The van der Waals surface area contributed by atoms with E-state index in [1.807, 2.05) is 0 Å². The Morgan fingerprint density at radius 2 is 1.64 bits per heavy atom. The summed E-state index contributed by atoms with van der Waals surface area (Å²) < 4.78 is 5.05. The van der Waals surface area contributed by atoms with Gasteiger partial charge in [-0.15, -0.1) is 0 Å². The lowest BCUT2D eigenvalue weighted by Gasteiger charge is -2.05. The molecule has 0 unspecified atom stereocenters. The molecular formula is C17H15N3O5. The third-order valence-electron chi connectivity index (χ3n) is 3.44. The van der Waals surface area contributed by atoms with E-state index in [9.17, 15) is 14.4 Å². The van der Waals surface area contributed by atoms with Crippen molar-refractivity contribution in [3.8, 4) is 5.75 Å². The predicted octanol–water partition coefficient (Wildman–Crippen LogP) is 0.257. The highest BCUT2D eigenvalue weighted by atomic mass is 16.5. The summed E-state index contributed by atoms with van der Waals surface area (Å²) in [6.45, 7) is 0. The maximum atomic E-state index is 12.1. The number of nitrogens with zero attached hydrogens (tertiary/aromatic N) is 1. The SMILES string of the molecule is COc1cccc(NC(=O)NN=c2c(=O)c3ccccc3c2=O)c1.O. The molecule has 128 valence electrons. The number of methoxy groups -OCH3 is 1. The van der Waals surface area contributed by atoms with Crippen LogP contribution in [-0.2, 0) is 0 Å². The lowest BCUT2D eigenvalue weighted by Crippen LogP contribution is -2.36. The molecular weight excluding hydrogens is 326 g/mol. The fourth-order valence-corrected chi connectivity index (χ4v) is 2.31. The summed E-state index contributed by atoms with van der Waals surface area (Å²) >= 11 is 0. The molecule has 3 rings (SSSR count). The second-order valence-corrected chi connectivity index (χ2v) is 4.96. The van der Waals surface area contributed by atoms with Crippen LogP contribution < -0.4 is 31.7 Å². The molecule has 0 fully saturated rings. The van der Waals surface area contributed by atoms with Gasteiger partial charge in [0.15, 0.2) is 5.36 Å². The fraction of sp³-hybridized carbons (Fsp3) is 0.0588. The Balaban J connectivity index is 0.00000225. The van der Waals surface area contributed by atoms with Crippen LogP contribution >= 0.6 is 0 Å². The van der Waals surface area contributed by atoms with E-state index >= 15 is 0 Å². The van der Waals surface area contributed by atoms with Gasteiger partial charge in [-0.1, -0.05) is 30.3 Å². The van der Waals surface area contributed by atoms with E-state index in [0.717, 1.165) is 0 Å². The fourth-order valence-electron chi connectivity index (χ4n) is 2.31. The molecule has 0 saturated heterocycles. The summed E-state index contributed by atoms with van der Waals surface area (Å²) in [7, 11) is 1.51. The van der Waals surface area contributed by atoms with Crippen LogP contribution in [0.2, 0.25) is 0 Å². The molecule has 0 heterocycles. The molecule has 3 aromatic carbocycles. The maximum Gasteiger partial charge on any atom is 0.339 e. The van der Waals surface area contributed by atoms with E-state index in [1.165, 1.54) is 7.11 Å². The van der Waals surface area contributed by atoms with Crippen LogP contribution in [0.4, 0.5) is 10.5 Å². The molecule has 8 nitrogen and oxygen atoms in total. The van der Waals surface area contributed by atoms with Crippen LogP contribution in [-0.4, -0.2) is 18.6 Å².